The van der Waals surface area contributed by atoms with Gasteiger partial charge in [0.15, 0.2) is 5.16 Å². The Balaban J connectivity index is 1.75. The molecular formula is C20H19Cl2N3O3S. The van der Waals surface area contributed by atoms with Crippen LogP contribution in [-0.4, -0.2) is 34.9 Å². The summed E-state index contributed by atoms with van der Waals surface area (Å²) in [5, 5.41) is 4.87. The van der Waals surface area contributed by atoms with E-state index in [0.29, 0.717) is 45.8 Å². The summed E-state index contributed by atoms with van der Waals surface area (Å²) >= 11 is 13.2. The fraction of sp³-hybridized carbons (Fsp3) is 0.250. The molecule has 0 aliphatic carbocycles. The van der Waals surface area contributed by atoms with Crippen molar-refractivity contribution in [2.45, 2.75) is 18.2 Å². The number of aromatic nitrogens is 2. The number of rotatable bonds is 8. The maximum absolute atomic E-state index is 12.9. The zero-order valence-corrected chi connectivity index (χ0v) is 18.0. The van der Waals surface area contributed by atoms with Gasteiger partial charge in [0.2, 0.25) is 5.91 Å². The fourth-order valence-corrected chi connectivity index (χ4v) is 3.93. The number of nitrogens with one attached hydrogen (secondary N) is 1. The summed E-state index contributed by atoms with van der Waals surface area (Å²) in [6.07, 6.45) is 0. The predicted octanol–water partition coefficient (Wildman–Crippen LogP) is 3.76. The quantitative estimate of drug-likeness (QED) is 0.416. The first-order valence-electron chi connectivity index (χ1n) is 8.81. The van der Waals surface area contributed by atoms with Gasteiger partial charge in [-0.15, -0.1) is 0 Å². The first-order chi connectivity index (χ1) is 14.0. The Morgan fingerprint density at radius 3 is 2.76 bits per heavy atom. The summed E-state index contributed by atoms with van der Waals surface area (Å²) in [5.41, 5.74) is 1.22. The minimum Gasteiger partial charge on any atom is -0.383 e. The third-order valence-electron chi connectivity index (χ3n) is 4.11. The van der Waals surface area contributed by atoms with Gasteiger partial charge >= 0.3 is 0 Å². The van der Waals surface area contributed by atoms with E-state index in [0.717, 1.165) is 5.56 Å². The second-order valence-corrected chi connectivity index (χ2v) is 8.02. The smallest absolute Gasteiger partial charge is 0.262 e. The largest absolute Gasteiger partial charge is 0.383 e. The second-order valence-electron chi connectivity index (χ2n) is 6.20. The van der Waals surface area contributed by atoms with Crippen LogP contribution in [-0.2, 0) is 22.6 Å². The molecule has 0 fully saturated rings. The van der Waals surface area contributed by atoms with Gasteiger partial charge in [-0.2, -0.15) is 0 Å². The molecule has 0 aliphatic heterocycles. The number of nitrogens with zero attached hydrogens (tertiary/aromatic N) is 2. The second kappa shape index (κ2) is 10.1. The Morgan fingerprint density at radius 2 is 2.00 bits per heavy atom. The highest BCUT2D eigenvalue weighted by Gasteiger charge is 2.13. The maximum atomic E-state index is 12.9. The maximum Gasteiger partial charge on any atom is 0.262 e. The van der Waals surface area contributed by atoms with Crippen molar-refractivity contribution in [1.82, 2.24) is 14.9 Å². The average molecular weight is 452 g/mol. The molecule has 0 atom stereocenters. The van der Waals surface area contributed by atoms with E-state index in [2.05, 4.69) is 10.3 Å². The molecule has 0 spiro atoms. The van der Waals surface area contributed by atoms with Gasteiger partial charge in [0, 0.05) is 23.7 Å². The summed E-state index contributed by atoms with van der Waals surface area (Å²) in [6, 6.07) is 12.2. The van der Waals surface area contributed by atoms with Crippen LogP contribution in [0.1, 0.15) is 5.56 Å². The molecule has 3 aromatic rings. The highest BCUT2D eigenvalue weighted by molar-refractivity contribution is 7.99. The molecule has 0 radical (unpaired) electrons. The molecule has 0 saturated carbocycles. The van der Waals surface area contributed by atoms with Gasteiger partial charge in [-0.05, 0) is 35.9 Å². The average Bonchev–Trinajstić information content (AvgIpc) is 2.70. The first-order valence-corrected chi connectivity index (χ1v) is 10.5. The number of amides is 1. The van der Waals surface area contributed by atoms with Crippen molar-refractivity contribution in [3.63, 3.8) is 0 Å². The van der Waals surface area contributed by atoms with Gasteiger partial charge in [-0.25, -0.2) is 4.98 Å². The van der Waals surface area contributed by atoms with Crippen LogP contribution in [0.3, 0.4) is 0 Å². The lowest BCUT2D eigenvalue weighted by molar-refractivity contribution is -0.118. The lowest BCUT2D eigenvalue weighted by Gasteiger charge is -2.13. The first kappa shape index (κ1) is 21.6. The molecule has 9 heteroatoms. The normalized spacial score (nSPS) is 11.0. The van der Waals surface area contributed by atoms with Crippen LogP contribution in [0.2, 0.25) is 10.0 Å². The number of hydrogen-bond donors (Lipinski definition) is 1. The Morgan fingerprint density at radius 1 is 1.21 bits per heavy atom. The number of carbonyl (C=O) groups excluding carboxylic acids is 1. The Labute approximate surface area is 182 Å². The third-order valence-corrected chi connectivity index (χ3v) is 5.56. The van der Waals surface area contributed by atoms with Crippen LogP contribution >= 0.6 is 35.0 Å². The standard InChI is InChI=1S/C20H19Cl2N3O3S/c1-28-8-7-25-19(27)16-6-5-15(22)10-17(16)24-20(25)29-12-18(26)23-11-13-3-2-4-14(21)9-13/h2-6,9-10H,7-8,11-12H2,1H3,(H,23,26). The van der Waals surface area contributed by atoms with Crippen molar-refractivity contribution in [1.29, 1.82) is 0 Å². The Kier molecular flexibility index (Phi) is 7.55. The van der Waals surface area contributed by atoms with Gasteiger partial charge in [-0.1, -0.05) is 47.1 Å². The van der Waals surface area contributed by atoms with Gasteiger partial charge in [0.25, 0.3) is 5.56 Å². The van der Waals surface area contributed by atoms with Gasteiger partial charge < -0.3 is 10.1 Å². The molecule has 29 heavy (non-hydrogen) atoms. The number of hydrogen-bond acceptors (Lipinski definition) is 5. The van der Waals surface area contributed by atoms with Crippen molar-refractivity contribution >= 4 is 51.8 Å². The molecule has 0 aliphatic rings. The minimum atomic E-state index is -0.189. The summed E-state index contributed by atoms with van der Waals surface area (Å²) in [6.45, 7) is 1.07. The van der Waals surface area contributed by atoms with E-state index < -0.39 is 0 Å². The van der Waals surface area contributed by atoms with Crippen LogP contribution in [0.4, 0.5) is 0 Å². The van der Waals surface area contributed by atoms with Gasteiger partial charge in [0.05, 0.1) is 29.8 Å². The molecule has 1 N–H and O–H groups in total. The lowest BCUT2D eigenvalue weighted by Crippen LogP contribution is -2.27. The number of halogens is 2. The van der Waals surface area contributed by atoms with Crippen LogP contribution in [0.15, 0.2) is 52.4 Å². The summed E-state index contributed by atoms with van der Waals surface area (Å²) in [5.74, 6) is -0.0554. The summed E-state index contributed by atoms with van der Waals surface area (Å²) < 4.78 is 6.62. The highest BCUT2D eigenvalue weighted by Crippen LogP contribution is 2.20. The van der Waals surface area contributed by atoms with Crippen LogP contribution in [0.5, 0.6) is 0 Å². The van der Waals surface area contributed by atoms with E-state index in [-0.39, 0.29) is 17.2 Å². The van der Waals surface area contributed by atoms with Crippen molar-refractivity contribution in [3.8, 4) is 0 Å². The van der Waals surface area contributed by atoms with Crippen LogP contribution < -0.4 is 10.9 Å². The van der Waals surface area contributed by atoms with E-state index in [1.165, 1.54) is 16.3 Å². The number of fused-ring (bicyclic) bond motifs is 1. The van der Waals surface area contributed by atoms with E-state index in [1.54, 1.807) is 37.4 Å². The molecule has 152 valence electrons. The van der Waals surface area contributed by atoms with Crippen LogP contribution in [0.25, 0.3) is 10.9 Å². The zero-order valence-electron chi connectivity index (χ0n) is 15.7. The lowest BCUT2D eigenvalue weighted by atomic mass is 10.2. The molecule has 0 saturated heterocycles. The molecule has 6 nitrogen and oxygen atoms in total. The topological polar surface area (TPSA) is 73.2 Å². The monoisotopic (exact) mass is 451 g/mol. The minimum absolute atomic E-state index is 0.117. The van der Waals surface area contributed by atoms with Crippen molar-refractivity contribution in [2.75, 3.05) is 19.5 Å². The van der Waals surface area contributed by atoms with E-state index >= 15 is 0 Å². The zero-order chi connectivity index (χ0) is 20.8. The summed E-state index contributed by atoms with van der Waals surface area (Å²) in [7, 11) is 1.56. The molecule has 1 amide bonds. The number of carbonyl (C=O) groups is 1. The van der Waals surface area contributed by atoms with Crippen molar-refractivity contribution in [2.24, 2.45) is 0 Å². The number of thioether (sulfide) groups is 1. The predicted molar refractivity (Wildman–Crippen MR) is 117 cm³/mol. The molecule has 3 rings (SSSR count). The van der Waals surface area contributed by atoms with E-state index in [9.17, 15) is 9.59 Å². The summed E-state index contributed by atoms with van der Waals surface area (Å²) in [4.78, 5) is 29.7. The number of ether oxygens (including phenoxy) is 1. The van der Waals surface area contributed by atoms with Crippen molar-refractivity contribution in [3.05, 3.63) is 68.4 Å². The van der Waals surface area contributed by atoms with E-state index in [1.807, 2.05) is 12.1 Å². The molecule has 0 unspecified atom stereocenters. The number of benzene rings is 2. The van der Waals surface area contributed by atoms with E-state index in [4.69, 9.17) is 27.9 Å². The SMILES string of the molecule is COCCn1c(SCC(=O)NCc2cccc(Cl)c2)nc2cc(Cl)ccc2c1=O. The fourth-order valence-electron chi connectivity index (χ4n) is 2.69. The van der Waals surface area contributed by atoms with Crippen molar-refractivity contribution < 1.29 is 9.53 Å². The van der Waals surface area contributed by atoms with Gasteiger partial charge in [0.1, 0.15) is 0 Å². The molecule has 2 aromatic carbocycles. The highest BCUT2D eigenvalue weighted by atomic mass is 35.5. The molecular weight excluding hydrogens is 433 g/mol. The van der Waals surface area contributed by atoms with Gasteiger partial charge in [-0.3, -0.25) is 14.2 Å². The molecule has 1 heterocycles. The molecule has 1 aromatic heterocycles. The van der Waals surface area contributed by atoms with Crippen LogP contribution in [0, 0.1) is 0 Å². The Hall–Kier alpha value is -2.06. The Bertz CT molecular complexity index is 1090. The molecule has 0 bridgehead atoms. The number of methoxy groups -OCH3 is 1. The third kappa shape index (κ3) is 5.73.